The Balaban J connectivity index is 2.25. The van der Waals surface area contributed by atoms with E-state index >= 15 is 0 Å². The number of carbonyl (C=O) groups excluding carboxylic acids is 1. The maximum absolute atomic E-state index is 11.7. The van der Waals surface area contributed by atoms with Crippen molar-refractivity contribution in [3.05, 3.63) is 55.8 Å². The monoisotopic (exact) mass is 357 g/mol. The second-order valence-corrected chi connectivity index (χ2v) is 5.43. The molecule has 0 saturated heterocycles. The molecule has 0 atom stereocenters. The molecule has 2 aromatic rings. The highest BCUT2D eigenvalue weighted by atomic mass is 35.5. The minimum absolute atomic E-state index is 0.120. The number of hydrogen-bond acceptors (Lipinski definition) is 5. The van der Waals surface area contributed by atoms with Crippen molar-refractivity contribution in [2.24, 2.45) is 7.05 Å². The summed E-state index contributed by atoms with van der Waals surface area (Å²) in [5.41, 5.74) is 0.917. The van der Waals surface area contributed by atoms with Gasteiger partial charge in [-0.1, -0.05) is 23.2 Å². The van der Waals surface area contributed by atoms with Gasteiger partial charge in [0, 0.05) is 24.5 Å². The smallest absolute Gasteiger partial charge is 0.344 e. The molecule has 0 aliphatic rings. The van der Waals surface area contributed by atoms with Crippen LogP contribution in [0.5, 0.6) is 0 Å². The van der Waals surface area contributed by atoms with Gasteiger partial charge in [-0.3, -0.25) is 10.1 Å². The summed E-state index contributed by atoms with van der Waals surface area (Å²) in [5.74, 6) is -0.773. The molecule has 0 aliphatic heterocycles. The van der Waals surface area contributed by atoms with Crippen LogP contribution in [0.15, 0.2) is 24.3 Å². The molecule has 0 amide bonds. The summed E-state index contributed by atoms with van der Waals surface area (Å²) < 4.78 is 6.28. The van der Waals surface area contributed by atoms with Crippen molar-refractivity contribution in [2.45, 2.75) is 6.54 Å². The Morgan fingerprint density at radius 3 is 2.61 bits per heavy atom. The van der Waals surface area contributed by atoms with Gasteiger partial charge in [-0.15, -0.1) is 0 Å². The molecule has 1 N–H and O–H groups in total. The van der Waals surface area contributed by atoms with Crippen LogP contribution in [0, 0.1) is 10.1 Å². The van der Waals surface area contributed by atoms with Gasteiger partial charge >= 0.3 is 5.97 Å². The number of nitrogens with one attached hydrogen (secondary N) is 1. The lowest BCUT2D eigenvalue weighted by molar-refractivity contribution is -0.385. The SMILES string of the molecule is COC(=O)c1cc(NCc2cc(Cl)c(Cl)n2C)ccc1[N+](=O)[O-]. The average molecular weight is 358 g/mol. The number of carbonyl (C=O) groups is 1. The molecule has 0 bridgehead atoms. The Morgan fingerprint density at radius 1 is 1.39 bits per heavy atom. The third kappa shape index (κ3) is 3.57. The first-order chi connectivity index (χ1) is 10.8. The van der Waals surface area contributed by atoms with Crippen molar-refractivity contribution in [1.82, 2.24) is 4.57 Å². The summed E-state index contributed by atoms with van der Waals surface area (Å²) in [4.78, 5) is 22.0. The highest BCUT2D eigenvalue weighted by Crippen LogP contribution is 2.27. The van der Waals surface area contributed by atoms with Crippen LogP contribution >= 0.6 is 23.2 Å². The fourth-order valence-electron chi connectivity index (χ4n) is 2.03. The van der Waals surface area contributed by atoms with Crippen LogP contribution in [0.1, 0.15) is 16.1 Å². The number of nitro benzene ring substituents is 1. The molecule has 0 aliphatic carbocycles. The van der Waals surface area contributed by atoms with Gasteiger partial charge in [-0.2, -0.15) is 0 Å². The maximum atomic E-state index is 11.7. The predicted octanol–water partition coefficient (Wildman–Crippen LogP) is 3.64. The van der Waals surface area contributed by atoms with Crippen LogP contribution in [-0.4, -0.2) is 22.6 Å². The van der Waals surface area contributed by atoms with Gasteiger partial charge in [0.25, 0.3) is 5.69 Å². The summed E-state index contributed by atoms with van der Waals surface area (Å²) in [6.45, 7) is 0.376. The van der Waals surface area contributed by atoms with Gasteiger partial charge in [-0.05, 0) is 18.2 Å². The zero-order chi connectivity index (χ0) is 17.1. The highest BCUT2D eigenvalue weighted by molar-refractivity contribution is 6.41. The number of methoxy groups -OCH3 is 1. The molecule has 2 rings (SSSR count). The molecule has 1 heterocycles. The summed E-state index contributed by atoms with van der Waals surface area (Å²) in [6, 6.07) is 5.84. The van der Waals surface area contributed by atoms with E-state index in [2.05, 4.69) is 10.1 Å². The van der Waals surface area contributed by atoms with E-state index in [4.69, 9.17) is 23.2 Å². The molecule has 0 radical (unpaired) electrons. The summed E-state index contributed by atoms with van der Waals surface area (Å²) in [6.07, 6.45) is 0. The predicted molar refractivity (Wildman–Crippen MR) is 87.2 cm³/mol. The normalized spacial score (nSPS) is 10.4. The van der Waals surface area contributed by atoms with Crippen molar-refractivity contribution >= 4 is 40.5 Å². The van der Waals surface area contributed by atoms with Crippen molar-refractivity contribution in [2.75, 3.05) is 12.4 Å². The van der Waals surface area contributed by atoms with Gasteiger partial charge in [0.2, 0.25) is 0 Å². The average Bonchev–Trinajstić information content (AvgIpc) is 2.78. The minimum atomic E-state index is -0.773. The van der Waals surface area contributed by atoms with Crippen molar-refractivity contribution in [3.8, 4) is 0 Å². The van der Waals surface area contributed by atoms with E-state index < -0.39 is 10.9 Å². The Labute approximate surface area is 141 Å². The van der Waals surface area contributed by atoms with Gasteiger partial charge in [0.05, 0.1) is 23.6 Å². The number of aromatic nitrogens is 1. The van der Waals surface area contributed by atoms with Crippen LogP contribution in [-0.2, 0) is 18.3 Å². The second-order valence-electron chi connectivity index (χ2n) is 4.67. The summed E-state index contributed by atoms with van der Waals surface area (Å²) in [5, 5.41) is 14.9. The van der Waals surface area contributed by atoms with Crippen LogP contribution in [0.25, 0.3) is 0 Å². The van der Waals surface area contributed by atoms with Gasteiger partial charge in [0.1, 0.15) is 10.7 Å². The molecule has 0 unspecified atom stereocenters. The molecule has 23 heavy (non-hydrogen) atoms. The Kier molecular flexibility index (Phi) is 5.12. The highest BCUT2D eigenvalue weighted by Gasteiger charge is 2.21. The second kappa shape index (κ2) is 6.89. The van der Waals surface area contributed by atoms with Crippen molar-refractivity contribution in [3.63, 3.8) is 0 Å². The standard InChI is InChI=1S/C14H13Cl2N3O4/c1-18-9(6-11(15)13(18)16)7-17-8-3-4-12(19(21)22)10(5-8)14(20)23-2/h3-6,17H,7H2,1-2H3. The Morgan fingerprint density at radius 2 is 2.09 bits per heavy atom. The third-order valence-corrected chi connectivity index (χ3v) is 4.13. The number of hydrogen-bond donors (Lipinski definition) is 1. The van der Waals surface area contributed by atoms with E-state index in [0.717, 1.165) is 5.69 Å². The van der Waals surface area contributed by atoms with Crippen LogP contribution in [0.4, 0.5) is 11.4 Å². The molecule has 9 heteroatoms. The Hall–Kier alpha value is -2.25. The number of halogens is 2. The molecule has 1 aromatic carbocycles. The molecule has 122 valence electrons. The van der Waals surface area contributed by atoms with E-state index in [-0.39, 0.29) is 11.3 Å². The number of rotatable bonds is 5. The van der Waals surface area contributed by atoms with E-state index in [0.29, 0.717) is 22.4 Å². The van der Waals surface area contributed by atoms with Gasteiger partial charge in [0.15, 0.2) is 0 Å². The minimum Gasteiger partial charge on any atom is -0.465 e. The van der Waals surface area contributed by atoms with Crippen LogP contribution < -0.4 is 5.32 Å². The van der Waals surface area contributed by atoms with E-state index in [1.165, 1.54) is 25.3 Å². The number of nitrogens with zero attached hydrogens (tertiary/aromatic N) is 2. The van der Waals surface area contributed by atoms with Crippen LogP contribution in [0.2, 0.25) is 10.2 Å². The number of benzene rings is 1. The van der Waals surface area contributed by atoms with Crippen LogP contribution in [0.3, 0.4) is 0 Å². The Bertz CT molecular complexity index is 774. The fraction of sp³-hybridized carbons (Fsp3) is 0.214. The quantitative estimate of drug-likeness (QED) is 0.501. The molecule has 0 spiro atoms. The maximum Gasteiger partial charge on any atom is 0.344 e. The van der Waals surface area contributed by atoms with E-state index in [1.807, 2.05) is 0 Å². The largest absolute Gasteiger partial charge is 0.465 e. The lowest BCUT2D eigenvalue weighted by Gasteiger charge is -2.09. The first kappa shape index (κ1) is 17.1. The topological polar surface area (TPSA) is 86.4 Å². The zero-order valence-electron chi connectivity index (χ0n) is 12.3. The first-order valence-corrected chi connectivity index (χ1v) is 7.21. The van der Waals surface area contributed by atoms with Crippen molar-refractivity contribution < 1.29 is 14.5 Å². The molecular weight excluding hydrogens is 345 g/mol. The molecule has 7 nitrogen and oxygen atoms in total. The molecule has 1 aromatic heterocycles. The van der Waals surface area contributed by atoms with E-state index in [9.17, 15) is 14.9 Å². The van der Waals surface area contributed by atoms with E-state index in [1.54, 1.807) is 17.7 Å². The number of esters is 1. The summed E-state index contributed by atoms with van der Waals surface area (Å²) in [7, 11) is 2.93. The molecule has 0 saturated carbocycles. The first-order valence-electron chi connectivity index (χ1n) is 6.45. The van der Waals surface area contributed by atoms with Gasteiger partial charge < -0.3 is 14.6 Å². The lowest BCUT2D eigenvalue weighted by atomic mass is 10.1. The fourth-order valence-corrected chi connectivity index (χ4v) is 2.45. The van der Waals surface area contributed by atoms with Crippen molar-refractivity contribution in [1.29, 1.82) is 0 Å². The number of ether oxygens (including phenoxy) is 1. The summed E-state index contributed by atoms with van der Waals surface area (Å²) >= 11 is 11.9. The zero-order valence-corrected chi connectivity index (χ0v) is 13.8. The third-order valence-electron chi connectivity index (χ3n) is 3.29. The molecular formula is C14H13Cl2N3O4. The van der Waals surface area contributed by atoms with Gasteiger partial charge in [-0.25, -0.2) is 4.79 Å². The lowest BCUT2D eigenvalue weighted by Crippen LogP contribution is -2.08. The number of nitro groups is 1. The molecule has 0 fully saturated rings. The number of anilines is 1.